The zero-order valence-corrected chi connectivity index (χ0v) is 15.5. The van der Waals surface area contributed by atoms with E-state index in [1.54, 1.807) is 24.3 Å². The lowest BCUT2D eigenvalue weighted by Gasteiger charge is -2.25. The summed E-state index contributed by atoms with van der Waals surface area (Å²) in [5, 5.41) is 29.2. The molecule has 2 aromatic rings. The zero-order valence-electron chi connectivity index (χ0n) is 15.5. The molecule has 0 amide bonds. The number of nitrogens with zero attached hydrogens (tertiary/aromatic N) is 3. The lowest BCUT2D eigenvalue weighted by Crippen LogP contribution is -2.16. The highest BCUT2D eigenvalue weighted by molar-refractivity contribution is 5.58. The molecule has 0 atom stereocenters. The predicted molar refractivity (Wildman–Crippen MR) is 103 cm³/mol. The van der Waals surface area contributed by atoms with Crippen LogP contribution in [0.2, 0.25) is 0 Å². The number of benzene rings is 2. The molecule has 138 valence electrons. The molecule has 2 rings (SSSR count). The van der Waals surface area contributed by atoms with Crippen LogP contribution < -0.4 is 0 Å². The van der Waals surface area contributed by atoms with Crippen LogP contribution in [-0.4, -0.2) is 10.0 Å². The number of aromatic hydroxyl groups is 1. The van der Waals surface area contributed by atoms with Gasteiger partial charge in [-0.2, -0.15) is 0 Å². The van der Waals surface area contributed by atoms with Gasteiger partial charge in [0.05, 0.1) is 4.92 Å². The first-order valence-corrected chi connectivity index (χ1v) is 8.84. The second-order valence-electron chi connectivity index (χ2n) is 6.99. The van der Waals surface area contributed by atoms with Crippen LogP contribution in [0, 0.1) is 10.1 Å². The van der Waals surface area contributed by atoms with Crippen LogP contribution in [0.1, 0.15) is 52.0 Å². The Morgan fingerprint density at radius 1 is 1.08 bits per heavy atom. The third-order valence-electron chi connectivity index (χ3n) is 4.51. The summed E-state index contributed by atoms with van der Waals surface area (Å²) >= 11 is 0. The fourth-order valence-electron chi connectivity index (χ4n) is 2.80. The fourth-order valence-corrected chi connectivity index (χ4v) is 2.80. The maximum absolute atomic E-state index is 11.1. The Hall–Kier alpha value is -2.76. The Kier molecular flexibility index (Phi) is 6.44. The van der Waals surface area contributed by atoms with E-state index in [9.17, 15) is 15.2 Å². The van der Waals surface area contributed by atoms with E-state index < -0.39 is 4.92 Å². The molecular weight excluding hydrogens is 330 g/mol. The van der Waals surface area contributed by atoms with E-state index >= 15 is 0 Å². The molecule has 2 aromatic carbocycles. The number of hydrogen-bond acceptors (Lipinski definition) is 5. The highest BCUT2D eigenvalue weighted by Gasteiger charge is 2.21. The average Bonchev–Trinajstić information content (AvgIpc) is 2.61. The largest absolute Gasteiger partial charge is 0.506 e. The van der Waals surface area contributed by atoms with Gasteiger partial charge in [0.15, 0.2) is 5.69 Å². The van der Waals surface area contributed by atoms with Crippen molar-refractivity contribution in [1.29, 1.82) is 0 Å². The number of para-hydroxylation sites is 1. The van der Waals surface area contributed by atoms with Crippen LogP contribution >= 0.6 is 0 Å². The number of unbranched alkanes of at least 4 members (excludes halogenated alkanes) is 2. The van der Waals surface area contributed by atoms with E-state index in [0.29, 0.717) is 5.69 Å². The van der Waals surface area contributed by atoms with Crippen LogP contribution in [0.4, 0.5) is 17.1 Å². The Balaban J connectivity index is 2.29. The van der Waals surface area contributed by atoms with E-state index in [2.05, 4.69) is 31.0 Å². The maximum Gasteiger partial charge on any atom is 0.296 e. The number of phenolic OH excluding ortho intramolecular Hbond substituents is 1. The highest BCUT2D eigenvalue weighted by atomic mass is 16.6. The average molecular weight is 355 g/mol. The number of nitro groups is 1. The minimum absolute atomic E-state index is 0.000410. The molecule has 0 spiro atoms. The molecule has 0 heterocycles. The third kappa shape index (κ3) is 4.88. The highest BCUT2D eigenvalue weighted by Crippen LogP contribution is 2.37. The van der Waals surface area contributed by atoms with Gasteiger partial charge in [-0.05, 0) is 35.6 Å². The molecule has 0 unspecified atom stereocenters. The first-order valence-electron chi connectivity index (χ1n) is 8.84. The van der Waals surface area contributed by atoms with Gasteiger partial charge >= 0.3 is 0 Å². The molecule has 0 aliphatic rings. The quantitative estimate of drug-likeness (QED) is 0.251. The molecule has 0 aromatic heterocycles. The molecule has 6 nitrogen and oxygen atoms in total. The van der Waals surface area contributed by atoms with Crippen molar-refractivity contribution >= 4 is 17.1 Å². The first kappa shape index (κ1) is 19.6. The van der Waals surface area contributed by atoms with Gasteiger partial charge in [-0.3, -0.25) is 10.1 Å². The third-order valence-corrected chi connectivity index (χ3v) is 4.51. The minimum Gasteiger partial charge on any atom is -0.506 e. The van der Waals surface area contributed by atoms with Gasteiger partial charge in [0.2, 0.25) is 0 Å². The van der Waals surface area contributed by atoms with Crippen LogP contribution in [0.25, 0.3) is 0 Å². The Bertz CT molecular complexity index is 801. The van der Waals surface area contributed by atoms with E-state index in [4.69, 9.17) is 0 Å². The van der Waals surface area contributed by atoms with Gasteiger partial charge in [0.25, 0.3) is 5.69 Å². The lowest BCUT2D eigenvalue weighted by atomic mass is 9.80. The van der Waals surface area contributed by atoms with Gasteiger partial charge in [-0.1, -0.05) is 58.2 Å². The molecule has 6 heteroatoms. The van der Waals surface area contributed by atoms with Crippen LogP contribution in [-0.2, 0) is 5.41 Å². The second-order valence-corrected chi connectivity index (χ2v) is 6.99. The molecule has 26 heavy (non-hydrogen) atoms. The van der Waals surface area contributed by atoms with Crippen molar-refractivity contribution in [3.8, 4) is 5.75 Å². The topological polar surface area (TPSA) is 88.1 Å². The Labute approximate surface area is 153 Å². The monoisotopic (exact) mass is 355 g/mol. The van der Waals surface area contributed by atoms with Crippen LogP contribution in [0.5, 0.6) is 5.75 Å². The van der Waals surface area contributed by atoms with Crippen molar-refractivity contribution < 1.29 is 10.0 Å². The summed E-state index contributed by atoms with van der Waals surface area (Å²) < 4.78 is 0. The number of hydrogen-bond donors (Lipinski definition) is 1. The molecule has 0 fully saturated rings. The number of azo groups is 1. The first-order chi connectivity index (χ1) is 12.3. The van der Waals surface area contributed by atoms with E-state index in [1.807, 2.05) is 6.07 Å². The zero-order chi connectivity index (χ0) is 19.2. The SMILES string of the molecule is CCCCCC(C)(C)c1ccc(O)c(N=Nc2ccccc2[N+](=O)[O-])c1. The van der Waals surface area contributed by atoms with E-state index in [0.717, 1.165) is 18.4 Å². The van der Waals surface area contributed by atoms with Gasteiger partial charge in [0, 0.05) is 6.07 Å². The van der Waals surface area contributed by atoms with Crippen molar-refractivity contribution in [2.75, 3.05) is 0 Å². The standard InChI is InChI=1S/C20H25N3O3/c1-4-5-8-13-20(2,3)15-11-12-19(24)17(14-15)22-21-16-9-6-7-10-18(16)23(25)26/h6-7,9-12,14,24H,4-5,8,13H2,1-3H3. The maximum atomic E-state index is 11.1. The number of rotatable bonds is 8. The summed E-state index contributed by atoms with van der Waals surface area (Å²) in [7, 11) is 0. The Morgan fingerprint density at radius 3 is 2.46 bits per heavy atom. The van der Waals surface area contributed by atoms with Crippen LogP contribution in [0.3, 0.4) is 0 Å². The van der Waals surface area contributed by atoms with Crippen LogP contribution in [0.15, 0.2) is 52.7 Å². The molecule has 0 radical (unpaired) electrons. The normalized spacial score (nSPS) is 11.8. The van der Waals surface area contributed by atoms with Gasteiger partial charge in [0.1, 0.15) is 11.4 Å². The van der Waals surface area contributed by atoms with Crippen molar-refractivity contribution in [3.05, 3.63) is 58.1 Å². The van der Waals surface area contributed by atoms with Crippen molar-refractivity contribution in [1.82, 2.24) is 0 Å². The second kappa shape index (κ2) is 8.56. The lowest BCUT2D eigenvalue weighted by molar-refractivity contribution is -0.384. The van der Waals surface area contributed by atoms with Gasteiger partial charge in [-0.25, -0.2) is 0 Å². The number of nitro benzene ring substituents is 1. The molecule has 0 saturated carbocycles. The van der Waals surface area contributed by atoms with E-state index in [1.165, 1.54) is 25.0 Å². The van der Waals surface area contributed by atoms with E-state index in [-0.39, 0.29) is 22.5 Å². The summed E-state index contributed by atoms with van der Waals surface area (Å²) in [5.41, 5.74) is 1.36. The van der Waals surface area contributed by atoms with Crippen molar-refractivity contribution in [2.45, 2.75) is 51.9 Å². The molecule has 0 aliphatic carbocycles. The molecule has 0 bridgehead atoms. The smallest absolute Gasteiger partial charge is 0.296 e. The molecule has 0 aliphatic heterocycles. The summed E-state index contributed by atoms with van der Waals surface area (Å²) in [6.45, 7) is 6.50. The number of phenols is 1. The molecule has 1 N–H and O–H groups in total. The fraction of sp³-hybridized carbons (Fsp3) is 0.400. The minimum atomic E-state index is -0.499. The van der Waals surface area contributed by atoms with Gasteiger partial charge in [-0.15, -0.1) is 10.2 Å². The Morgan fingerprint density at radius 2 is 1.77 bits per heavy atom. The summed E-state index contributed by atoms with van der Waals surface area (Å²) in [6.07, 6.45) is 4.52. The molecular formula is C20H25N3O3. The summed E-state index contributed by atoms with van der Waals surface area (Å²) in [5.74, 6) is 0.000410. The summed E-state index contributed by atoms with van der Waals surface area (Å²) in [4.78, 5) is 10.6. The van der Waals surface area contributed by atoms with Gasteiger partial charge < -0.3 is 5.11 Å². The predicted octanol–water partition coefficient (Wildman–Crippen LogP) is 6.57. The van der Waals surface area contributed by atoms with Crippen molar-refractivity contribution in [2.24, 2.45) is 10.2 Å². The molecule has 0 saturated heterocycles. The van der Waals surface area contributed by atoms with Crippen molar-refractivity contribution in [3.63, 3.8) is 0 Å². The summed E-state index contributed by atoms with van der Waals surface area (Å²) in [6, 6.07) is 11.4.